The molecule has 0 aliphatic heterocycles. The molecule has 18 heavy (non-hydrogen) atoms. The summed E-state index contributed by atoms with van der Waals surface area (Å²) in [4.78, 5) is 4.46. The standard InChI is InChI=1S/C13H15NO3S/c15-6-10-5-9-3-1-2-4-12(9)14-13(10)18-8-11(17)7-16/h1-5,11,15-17H,6-8H2. The Hall–Kier alpha value is -1.14. The van der Waals surface area contributed by atoms with E-state index in [1.807, 2.05) is 30.3 Å². The van der Waals surface area contributed by atoms with Crippen LogP contribution in [-0.2, 0) is 6.61 Å². The lowest BCUT2D eigenvalue weighted by Crippen LogP contribution is -2.14. The van der Waals surface area contributed by atoms with Crippen LogP contribution in [-0.4, -0.2) is 38.8 Å². The van der Waals surface area contributed by atoms with Crippen LogP contribution in [0.15, 0.2) is 35.4 Å². The molecule has 0 amide bonds. The van der Waals surface area contributed by atoms with Gasteiger partial charge in [0.2, 0.25) is 0 Å². The van der Waals surface area contributed by atoms with Gasteiger partial charge in [-0.1, -0.05) is 18.2 Å². The van der Waals surface area contributed by atoms with Crippen LogP contribution in [0.3, 0.4) is 0 Å². The lowest BCUT2D eigenvalue weighted by molar-refractivity contribution is 0.113. The van der Waals surface area contributed by atoms with Crippen molar-refractivity contribution >= 4 is 22.7 Å². The van der Waals surface area contributed by atoms with Crippen molar-refractivity contribution in [1.82, 2.24) is 4.98 Å². The lowest BCUT2D eigenvalue weighted by atomic mass is 10.2. The fourth-order valence-electron chi connectivity index (χ4n) is 1.61. The minimum absolute atomic E-state index is 0.0879. The Labute approximate surface area is 109 Å². The number of para-hydroxylation sites is 1. The first-order chi connectivity index (χ1) is 8.74. The Morgan fingerprint density at radius 1 is 1.22 bits per heavy atom. The van der Waals surface area contributed by atoms with Crippen LogP contribution < -0.4 is 0 Å². The largest absolute Gasteiger partial charge is 0.394 e. The average Bonchev–Trinajstić information content (AvgIpc) is 2.43. The number of aromatic nitrogens is 1. The van der Waals surface area contributed by atoms with E-state index in [4.69, 9.17) is 5.11 Å². The zero-order chi connectivity index (χ0) is 13.0. The van der Waals surface area contributed by atoms with Crippen LogP contribution in [0.4, 0.5) is 0 Å². The number of rotatable bonds is 5. The third-order valence-electron chi connectivity index (χ3n) is 2.56. The number of pyridine rings is 1. The van der Waals surface area contributed by atoms with Crippen LogP contribution in [0.2, 0.25) is 0 Å². The molecule has 96 valence electrons. The van der Waals surface area contributed by atoms with Gasteiger partial charge in [0.15, 0.2) is 0 Å². The van der Waals surface area contributed by atoms with E-state index in [9.17, 15) is 10.2 Å². The van der Waals surface area contributed by atoms with E-state index in [1.165, 1.54) is 11.8 Å². The first-order valence-corrected chi connectivity index (χ1v) is 6.64. The summed E-state index contributed by atoms with van der Waals surface area (Å²) in [6.07, 6.45) is -0.769. The minimum Gasteiger partial charge on any atom is -0.394 e. The van der Waals surface area contributed by atoms with E-state index in [1.54, 1.807) is 0 Å². The van der Waals surface area contributed by atoms with E-state index in [0.29, 0.717) is 10.8 Å². The van der Waals surface area contributed by atoms with E-state index in [-0.39, 0.29) is 13.2 Å². The molecule has 0 bridgehead atoms. The topological polar surface area (TPSA) is 73.6 Å². The van der Waals surface area contributed by atoms with Crippen molar-refractivity contribution < 1.29 is 15.3 Å². The zero-order valence-electron chi connectivity index (χ0n) is 9.78. The van der Waals surface area contributed by atoms with Crippen molar-refractivity contribution in [2.45, 2.75) is 17.7 Å². The Kier molecular flexibility index (Phi) is 4.54. The van der Waals surface area contributed by atoms with Crippen molar-refractivity contribution in [1.29, 1.82) is 0 Å². The number of nitrogens with zero attached hydrogens (tertiary/aromatic N) is 1. The molecule has 0 fully saturated rings. The Balaban J connectivity index is 2.30. The molecule has 0 spiro atoms. The van der Waals surface area contributed by atoms with Crippen molar-refractivity contribution in [2.24, 2.45) is 0 Å². The maximum absolute atomic E-state index is 9.34. The molecule has 3 N–H and O–H groups in total. The van der Waals surface area contributed by atoms with Gasteiger partial charge in [-0.15, -0.1) is 11.8 Å². The van der Waals surface area contributed by atoms with E-state index >= 15 is 0 Å². The van der Waals surface area contributed by atoms with E-state index in [0.717, 1.165) is 16.5 Å². The van der Waals surface area contributed by atoms with Crippen molar-refractivity contribution in [3.8, 4) is 0 Å². The summed E-state index contributed by atoms with van der Waals surface area (Å²) in [5.41, 5.74) is 1.60. The highest BCUT2D eigenvalue weighted by atomic mass is 32.2. The molecule has 0 aliphatic rings. The van der Waals surface area contributed by atoms with E-state index < -0.39 is 6.10 Å². The van der Waals surface area contributed by atoms with Gasteiger partial charge in [0, 0.05) is 16.7 Å². The van der Waals surface area contributed by atoms with Crippen LogP contribution in [0.25, 0.3) is 10.9 Å². The molecule has 4 nitrogen and oxygen atoms in total. The highest BCUT2D eigenvalue weighted by Gasteiger charge is 2.09. The molecule has 0 saturated carbocycles. The molecular weight excluding hydrogens is 250 g/mol. The summed E-state index contributed by atoms with van der Waals surface area (Å²) in [6.45, 7) is -0.357. The van der Waals surface area contributed by atoms with Gasteiger partial charge in [-0.3, -0.25) is 0 Å². The summed E-state index contributed by atoms with van der Waals surface area (Å²) in [5.74, 6) is 0.356. The number of benzene rings is 1. The predicted molar refractivity (Wildman–Crippen MR) is 71.5 cm³/mol. The average molecular weight is 265 g/mol. The number of fused-ring (bicyclic) bond motifs is 1. The van der Waals surface area contributed by atoms with Crippen LogP contribution in [0, 0.1) is 0 Å². The number of aliphatic hydroxyl groups excluding tert-OH is 3. The fraction of sp³-hybridized carbons (Fsp3) is 0.308. The highest BCUT2D eigenvalue weighted by molar-refractivity contribution is 7.99. The number of hydrogen-bond acceptors (Lipinski definition) is 5. The lowest BCUT2D eigenvalue weighted by Gasteiger charge is -2.10. The molecule has 0 radical (unpaired) electrons. The molecule has 0 aliphatic carbocycles. The van der Waals surface area contributed by atoms with Crippen LogP contribution in [0.5, 0.6) is 0 Å². The van der Waals surface area contributed by atoms with E-state index in [2.05, 4.69) is 4.98 Å². The number of aliphatic hydroxyl groups is 3. The van der Waals surface area contributed by atoms with Crippen molar-refractivity contribution in [2.75, 3.05) is 12.4 Å². The molecule has 2 aromatic rings. The SMILES string of the molecule is OCc1cc2ccccc2nc1SCC(O)CO. The summed E-state index contributed by atoms with van der Waals surface area (Å²) in [7, 11) is 0. The summed E-state index contributed by atoms with van der Waals surface area (Å²) < 4.78 is 0. The summed E-state index contributed by atoms with van der Waals surface area (Å²) in [6, 6.07) is 9.58. The molecule has 1 unspecified atom stereocenters. The molecule has 1 aromatic heterocycles. The predicted octanol–water partition coefficient (Wildman–Crippen LogP) is 1.17. The molecule has 1 aromatic carbocycles. The molecule has 2 rings (SSSR count). The summed E-state index contributed by atoms with van der Waals surface area (Å²) in [5, 5.41) is 29.1. The quantitative estimate of drug-likeness (QED) is 0.708. The molecule has 1 heterocycles. The maximum Gasteiger partial charge on any atom is 0.102 e. The fourth-order valence-corrected chi connectivity index (χ4v) is 2.54. The van der Waals surface area contributed by atoms with Gasteiger partial charge in [-0.05, 0) is 12.1 Å². The van der Waals surface area contributed by atoms with Gasteiger partial charge in [0.05, 0.1) is 24.8 Å². The van der Waals surface area contributed by atoms with Crippen LogP contribution >= 0.6 is 11.8 Å². The Morgan fingerprint density at radius 2 is 2.00 bits per heavy atom. The second-order valence-electron chi connectivity index (χ2n) is 3.95. The molecule has 0 saturated heterocycles. The van der Waals surface area contributed by atoms with Gasteiger partial charge in [-0.25, -0.2) is 4.98 Å². The monoisotopic (exact) mass is 265 g/mol. The first-order valence-electron chi connectivity index (χ1n) is 5.66. The van der Waals surface area contributed by atoms with Gasteiger partial charge < -0.3 is 15.3 Å². The highest BCUT2D eigenvalue weighted by Crippen LogP contribution is 2.25. The molecular formula is C13H15NO3S. The van der Waals surface area contributed by atoms with Gasteiger partial charge in [0.25, 0.3) is 0 Å². The smallest absolute Gasteiger partial charge is 0.102 e. The second-order valence-corrected chi connectivity index (χ2v) is 4.96. The zero-order valence-corrected chi connectivity index (χ0v) is 10.6. The Bertz CT molecular complexity index is 533. The van der Waals surface area contributed by atoms with Gasteiger partial charge >= 0.3 is 0 Å². The van der Waals surface area contributed by atoms with Crippen LogP contribution in [0.1, 0.15) is 5.56 Å². The first kappa shape index (κ1) is 13.3. The maximum atomic E-state index is 9.34. The third-order valence-corrected chi connectivity index (χ3v) is 3.74. The normalized spacial score (nSPS) is 12.8. The Morgan fingerprint density at radius 3 is 2.72 bits per heavy atom. The second kappa shape index (κ2) is 6.15. The number of thioether (sulfide) groups is 1. The third kappa shape index (κ3) is 3.00. The molecule has 5 heteroatoms. The van der Waals surface area contributed by atoms with Crippen molar-refractivity contribution in [3.05, 3.63) is 35.9 Å². The minimum atomic E-state index is -0.769. The van der Waals surface area contributed by atoms with Gasteiger partial charge in [-0.2, -0.15) is 0 Å². The molecule has 1 atom stereocenters. The van der Waals surface area contributed by atoms with Crippen molar-refractivity contribution in [3.63, 3.8) is 0 Å². The summed E-state index contributed by atoms with van der Waals surface area (Å²) >= 11 is 1.34. The van der Waals surface area contributed by atoms with Gasteiger partial charge in [0.1, 0.15) is 5.03 Å². The number of hydrogen-bond donors (Lipinski definition) is 3.